The first-order valence-electron chi connectivity index (χ1n) is 5.07. The fourth-order valence-corrected chi connectivity index (χ4v) is 1.63. The van der Waals surface area contributed by atoms with Crippen LogP contribution in [-0.4, -0.2) is 22.8 Å². The Bertz CT molecular complexity index is 493. The normalized spacial score (nSPS) is 15.1. The Balaban J connectivity index is 2.95. The van der Waals surface area contributed by atoms with Crippen LogP contribution in [-0.2, 0) is 11.3 Å². The van der Waals surface area contributed by atoms with Crippen molar-refractivity contribution in [2.75, 3.05) is 0 Å². The van der Waals surface area contributed by atoms with E-state index in [1.807, 2.05) is 5.32 Å². The second kappa shape index (κ2) is 5.56. The molecule has 0 heterocycles. The molecule has 1 rings (SSSR count). The second-order valence-corrected chi connectivity index (χ2v) is 4.86. The zero-order valence-corrected chi connectivity index (χ0v) is 11.2. The second-order valence-electron chi connectivity index (χ2n) is 4.02. The van der Waals surface area contributed by atoms with Gasteiger partial charge in [-0.25, -0.2) is 4.79 Å². The van der Waals surface area contributed by atoms with Gasteiger partial charge in [0, 0.05) is 16.6 Å². The largest absolute Gasteiger partial charge is 0.480 e. The topological polar surface area (TPSA) is 49.3 Å². The fourth-order valence-electron chi connectivity index (χ4n) is 1.25. The third kappa shape index (κ3) is 3.52. The van der Waals surface area contributed by atoms with E-state index in [9.17, 15) is 18.0 Å². The van der Waals surface area contributed by atoms with E-state index in [1.54, 1.807) is 0 Å². The summed E-state index contributed by atoms with van der Waals surface area (Å²) in [6.45, 7) is 0.176. The van der Waals surface area contributed by atoms with Gasteiger partial charge in [-0.2, -0.15) is 13.2 Å². The summed E-state index contributed by atoms with van der Waals surface area (Å²) in [5, 5.41) is 11.2. The summed E-state index contributed by atoms with van der Waals surface area (Å²) in [7, 11) is 0. The molecular formula is C11H10Cl2F3NO2. The Hall–Kier alpha value is -0.980. The minimum atomic E-state index is -4.94. The highest BCUT2D eigenvalue weighted by Crippen LogP contribution is 2.31. The monoisotopic (exact) mass is 315 g/mol. The van der Waals surface area contributed by atoms with E-state index in [2.05, 4.69) is 0 Å². The summed E-state index contributed by atoms with van der Waals surface area (Å²) in [5.74, 6) is -2.02. The van der Waals surface area contributed by atoms with Gasteiger partial charge in [0.15, 0.2) is 0 Å². The predicted molar refractivity (Wildman–Crippen MR) is 65.4 cm³/mol. The van der Waals surface area contributed by atoms with Crippen LogP contribution in [0.15, 0.2) is 18.2 Å². The lowest BCUT2D eigenvalue weighted by molar-refractivity contribution is -0.206. The van der Waals surface area contributed by atoms with Crippen LogP contribution in [0.25, 0.3) is 0 Å². The summed E-state index contributed by atoms with van der Waals surface area (Å²) < 4.78 is 38.2. The van der Waals surface area contributed by atoms with Gasteiger partial charge in [0.25, 0.3) is 0 Å². The molecule has 0 aliphatic carbocycles. The van der Waals surface area contributed by atoms with Gasteiger partial charge in [-0.3, -0.25) is 5.32 Å². The number of carboxylic acid groups (broad SMARTS) is 1. The number of hydrogen-bond donors (Lipinski definition) is 2. The van der Waals surface area contributed by atoms with Crippen LogP contribution in [0.4, 0.5) is 13.2 Å². The van der Waals surface area contributed by atoms with E-state index in [4.69, 9.17) is 28.3 Å². The van der Waals surface area contributed by atoms with Crippen LogP contribution in [0.5, 0.6) is 0 Å². The lowest BCUT2D eigenvalue weighted by Crippen LogP contribution is -2.59. The molecule has 0 aromatic heterocycles. The zero-order chi connectivity index (χ0) is 14.8. The van der Waals surface area contributed by atoms with Crippen molar-refractivity contribution in [2.45, 2.75) is 25.2 Å². The maximum atomic E-state index is 12.7. The Morgan fingerprint density at radius 2 is 1.95 bits per heavy atom. The SMILES string of the molecule is CC(NCc1cc(Cl)ccc1Cl)(C(=O)O)C(F)(F)F. The van der Waals surface area contributed by atoms with Crippen LogP contribution < -0.4 is 5.32 Å². The molecule has 0 saturated heterocycles. The molecule has 0 bridgehead atoms. The van der Waals surface area contributed by atoms with E-state index < -0.39 is 17.7 Å². The standard InChI is InChI=1S/C11H10Cl2F3NO2/c1-10(9(18)19,11(14,15)16)17-5-6-4-7(12)2-3-8(6)13/h2-4,17H,5H2,1H3,(H,18,19). The number of rotatable bonds is 4. The van der Waals surface area contributed by atoms with Crippen molar-refractivity contribution in [3.05, 3.63) is 33.8 Å². The van der Waals surface area contributed by atoms with Gasteiger partial charge in [0.2, 0.25) is 5.54 Å². The Kier molecular flexibility index (Phi) is 4.71. The van der Waals surface area contributed by atoms with Crippen molar-refractivity contribution in [3.8, 4) is 0 Å². The first kappa shape index (κ1) is 16.1. The van der Waals surface area contributed by atoms with Gasteiger partial charge < -0.3 is 5.11 Å². The fraction of sp³-hybridized carbons (Fsp3) is 0.364. The van der Waals surface area contributed by atoms with Crippen molar-refractivity contribution in [3.63, 3.8) is 0 Å². The molecule has 0 amide bonds. The van der Waals surface area contributed by atoms with Crippen molar-refractivity contribution in [1.29, 1.82) is 0 Å². The van der Waals surface area contributed by atoms with E-state index in [-0.39, 0.29) is 17.1 Å². The number of benzene rings is 1. The molecule has 1 unspecified atom stereocenters. The predicted octanol–water partition coefficient (Wildman–Crippen LogP) is 3.49. The summed E-state index contributed by atoms with van der Waals surface area (Å²) in [4.78, 5) is 10.8. The lowest BCUT2D eigenvalue weighted by atomic mass is 10.0. The highest BCUT2D eigenvalue weighted by molar-refractivity contribution is 6.33. The average molecular weight is 316 g/mol. The maximum absolute atomic E-state index is 12.7. The molecule has 1 aromatic carbocycles. The quantitative estimate of drug-likeness (QED) is 0.894. The third-order valence-electron chi connectivity index (χ3n) is 2.63. The molecule has 0 spiro atoms. The number of halogens is 5. The number of alkyl halides is 3. The molecule has 3 nitrogen and oxygen atoms in total. The van der Waals surface area contributed by atoms with E-state index >= 15 is 0 Å². The average Bonchev–Trinajstić information content (AvgIpc) is 2.28. The van der Waals surface area contributed by atoms with Gasteiger partial charge in [-0.1, -0.05) is 23.2 Å². The van der Waals surface area contributed by atoms with Gasteiger partial charge in [0.05, 0.1) is 0 Å². The molecule has 0 radical (unpaired) electrons. The first-order valence-corrected chi connectivity index (χ1v) is 5.82. The molecular weight excluding hydrogens is 306 g/mol. The highest BCUT2D eigenvalue weighted by atomic mass is 35.5. The number of aliphatic carboxylic acids is 1. The van der Waals surface area contributed by atoms with Crippen LogP contribution >= 0.6 is 23.2 Å². The van der Waals surface area contributed by atoms with Gasteiger partial charge in [0.1, 0.15) is 0 Å². The van der Waals surface area contributed by atoms with Crippen LogP contribution in [0.2, 0.25) is 10.0 Å². The maximum Gasteiger partial charge on any atom is 0.417 e. The van der Waals surface area contributed by atoms with Crippen LogP contribution in [0.1, 0.15) is 12.5 Å². The van der Waals surface area contributed by atoms with E-state index in [0.717, 1.165) is 0 Å². The molecule has 1 atom stereocenters. The van der Waals surface area contributed by atoms with E-state index in [1.165, 1.54) is 18.2 Å². The first-order chi connectivity index (χ1) is 8.58. The minimum absolute atomic E-state index is 0.201. The molecule has 0 fully saturated rings. The molecule has 0 aliphatic heterocycles. The Morgan fingerprint density at radius 3 is 2.42 bits per heavy atom. The van der Waals surface area contributed by atoms with Crippen LogP contribution in [0, 0.1) is 0 Å². The lowest BCUT2D eigenvalue weighted by Gasteiger charge is -2.28. The van der Waals surface area contributed by atoms with Crippen molar-refractivity contribution >= 4 is 29.2 Å². The highest BCUT2D eigenvalue weighted by Gasteiger charge is 2.57. The molecule has 2 N–H and O–H groups in total. The number of carboxylic acids is 1. The third-order valence-corrected chi connectivity index (χ3v) is 3.24. The smallest absolute Gasteiger partial charge is 0.417 e. The number of hydrogen-bond acceptors (Lipinski definition) is 2. The molecule has 106 valence electrons. The Morgan fingerprint density at radius 1 is 1.37 bits per heavy atom. The summed E-state index contributed by atoms with van der Waals surface area (Å²) in [6, 6.07) is 4.27. The minimum Gasteiger partial charge on any atom is -0.480 e. The zero-order valence-electron chi connectivity index (χ0n) is 9.68. The van der Waals surface area contributed by atoms with Gasteiger partial charge in [-0.05, 0) is 30.7 Å². The molecule has 19 heavy (non-hydrogen) atoms. The van der Waals surface area contributed by atoms with Crippen molar-refractivity contribution in [2.24, 2.45) is 0 Å². The van der Waals surface area contributed by atoms with Crippen LogP contribution in [0.3, 0.4) is 0 Å². The van der Waals surface area contributed by atoms with Crippen molar-refractivity contribution in [1.82, 2.24) is 5.32 Å². The number of carbonyl (C=O) groups is 1. The van der Waals surface area contributed by atoms with Gasteiger partial charge >= 0.3 is 12.1 Å². The molecule has 0 saturated carbocycles. The summed E-state index contributed by atoms with van der Waals surface area (Å²) in [5.41, 5.74) is -2.77. The summed E-state index contributed by atoms with van der Waals surface area (Å²) in [6.07, 6.45) is -4.94. The summed E-state index contributed by atoms with van der Waals surface area (Å²) >= 11 is 11.5. The molecule has 0 aliphatic rings. The van der Waals surface area contributed by atoms with Gasteiger partial charge in [-0.15, -0.1) is 0 Å². The van der Waals surface area contributed by atoms with Crippen molar-refractivity contribution < 1.29 is 23.1 Å². The molecule has 8 heteroatoms. The molecule has 1 aromatic rings. The number of nitrogens with one attached hydrogen (secondary N) is 1. The van der Waals surface area contributed by atoms with E-state index in [0.29, 0.717) is 11.9 Å². The Labute approximate surface area is 117 Å².